The van der Waals surface area contributed by atoms with Crippen LogP contribution in [0.5, 0.6) is 0 Å². The predicted molar refractivity (Wildman–Crippen MR) is 131 cm³/mol. The molecule has 0 bridgehead atoms. The molecule has 34 heavy (non-hydrogen) atoms. The van der Waals surface area contributed by atoms with Gasteiger partial charge in [-0.05, 0) is 43.5 Å². The third-order valence-corrected chi connectivity index (χ3v) is 6.94. The normalized spacial score (nSPS) is 16.2. The van der Waals surface area contributed by atoms with Gasteiger partial charge in [-0.1, -0.05) is 52.7 Å². The van der Waals surface area contributed by atoms with Gasteiger partial charge in [0.25, 0.3) is 11.5 Å². The molecule has 1 N–H and O–H groups in total. The number of piperidine rings is 1. The molecule has 0 spiro atoms. The van der Waals surface area contributed by atoms with E-state index in [2.05, 4.69) is 15.3 Å². The second-order valence-corrected chi connectivity index (χ2v) is 9.29. The smallest absolute Gasteiger partial charge is 0.281 e. The highest BCUT2D eigenvalue weighted by atomic mass is 35.5. The lowest BCUT2D eigenvalue weighted by molar-refractivity contribution is 0.0704. The van der Waals surface area contributed by atoms with Crippen LogP contribution in [0.4, 0.5) is 0 Å². The highest BCUT2D eigenvalue weighted by Crippen LogP contribution is 2.28. The Kier molecular flexibility index (Phi) is 6.10. The van der Waals surface area contributed by atoms with Gasteiger partial charge in [0.05, 0.1) is 6.54 Å². The Morgan fingerprint density at radius 2 is 1.91 bits per heavy atom. The second kappa shape index (κ2) is 9.19. The lowest BCUT2D eigenvalue weighted by Crippen LogP contribution is -2.40. The van der Waals surface area contributed by atoms with Crippen LogP contribution in [0.25, 0.3) is 11.2 Å². The Bertz CT molecular complexity index is 1430. The van der Waals surface area contributed by atoms with Crippen LogP contribution in [0.15, 0.2) is 47.3 Å². The number of hydrogen-bond donors (Lipinski definition) is 1. The SMILES string of the molecule is Cc1ccccc1C(=O)N1CCC[C@@H](c2nc3c(nnn3Cc3c(Cl)cccc3Cl)c(=O)[nH]2)C1. The number of fused-ring (bicyclic) bond motifs is 1. The fraction of sp³-hybridized carbons (Fsp3) is 0.292. The molecule has 5 rings (SSSR count). The summed E-state index contributed by atoms with van der Waals surface area (Å²) in [6.45, 7) is 3.30. The maximum atomic E-state index is 13.1. The number of aromatic nitrogens is 5. The van der Waals surface area contributed by atoms with E-state index in [0.29, 0.717) is 45.7 Å². The number of carbonyl (C=O) groups excluding carboxylic acids is 1. The Morgan fingerprint density at radius 1 is 1.15 bits per heavy atom. The van der Waals surface area contributed by atoms with Gasteiger partial charge in [0, 0.05) is 40.2 Å². The number of halogens is 2. The van der Waals surface area contributed by atoms with Gasteiger partial charge in [0.1, 0.15) is 5.82 Å². The standard InChI is InChI=1S/C24H22Cl2N6O2/c1-14-6-2-3-8-16(14)24(34)31-11-5-7-15(12-31)21-27-22-20(23(33)28-21)29-30-32(22)13-17-18(25)9-4-10-19(17)26/h2-4,6,8-10,15H,5,7,11-13H2,1H3,(H,27,28,33)/t15-/m1/s1. The van der Waals surface area contributed by atoms with Gasteiger partial charge in [0.15, 0.2) is 11.2 Å². The quantitative estimate of drug-likeness (QED) is 0.456. The summed E-state index contributed by atoms with van der Waals surface area (Å²) < 4.78 is 1.53. The zero-order chi connectivity index (χ0) is 23.8. The summed E-state index contributed by atoms with van der Waals surface area (Å²) in [6, 6.07) is 12.8. The van der Waals surface area contributed by atoms with Gasteiger partial charge in [-0.15, -0.1) is 5.10 Å². The zero-order valence-electron chi connectivity index (χ0n) is 18.5. The minimum absolute atomic E-state index is 0.00806. The number of aromatic amines is 1. The molecule has 0 saturated carbocycles. The number of likely N-dealkylation sites (tertiary alicyclic amines) is 1. The van der Waals surface area contributed by atoms with Gasteiger partial charge >= 0.3 is 0 Å². The lowest BCUT2D eigenvalue weighted by Gasteiger charge is -2.32. The van der Waals surface area contributed by atoms with Crippen LogP contribution in [-0.4, -0.2) is 48.9 Å². The molecule has 2 aromatic heterocycles. The number of carbonyl (C=O) groups is 1. The summed E-state index contributed by atoms with van der Waals surface area (Å²) in [5, 5.41) is 9.12. The van der Waals surface area contributed by atoms with Crippen LogP contribution in [0, 0.1) is 6.92 Å². The molecule has 0 unspecified atom stereocenters. The molecular formula is C24H22Cl2N6O2. The molecule has 1 amide bonds. The molecule has 174 valence electrons. The van der Waals surface area contributed by atoms with Crippen LogP contribution < -0.4 is 5.56 Å². The number of rotatable bonds is 4. The molecule has 1 aliphatic heterocycles. The monoisotopic (exact) mass is 496 g/mol. The van der Waals surface area contributed by atoms with Crippen LogP contribution in [0.2, 0.25) is 10.0 Å². The zero-order valence-corrected chi connectivity index (χ0v) is 20.0. The number of hydrogen-bond acceptors (Lipinski definition) is 5. The van der Waals surface area contributed by atoms with Gasteiger partial charge < -0.3 is 9.88 Å². The third kappa shape index (κ3) is 4.19. The summed E-state index contributed by atoms with van der Waals surface area (Å²) >= 11 is 12.6. The average Bonchev–Trinajstić information content (AvgIpc) is 3.25. The summed E-state index contributed by atoms with van der Waals surface area (Å²) in [6.07, 6.45) is 1.63. The van der Waals surface area contributed by atoms with Crippen molar-refractivity contribution in [1.29, 1.82) is 0 Å². The topological polar surface area (TPSA) is 96.8 Å². The van der Waals surface area contributed by atoms with Crippen molar-refractivity contribution in [1.82, 2.24) is 29.9 Å². The summed E-state index contributed by atoms with van der Waals surface area (Å²) in [4.78, 5) is 35.3. The van der Waals surface area contributed by atoms with Gasteiger partial charge in [-0.2, -0.15) is 0 Å². The molecule has 4 aromatic rings. The fourth-order valence-electron chi connectivity index (χ4n) is 4.38. The van der Waals surface area contributed by atoms with Crippen molar-refractivity contribution in [2.75, 3.05) is 13.1 Å². The molecular weight excluding hydrogens is 475 g/mol. The van der Waals surface area contributed by atoms with Gasteiger partial charge in [-0.25, -0.2) is 9.67 Å². The Labute approximate surface area is 205 Å². The number of benzene rings is 2. The largest absolute Gasteiger partial charge is 0.338 e. The number of amides is 1. The van der Waals surface area contributed by atoms with Crippen molar-refractivity contribution >= 4 is 40.3 Å². The van der Waals surface area contributed by atoms with Crippen molar-refractivity contribution in [3.63, 3.8) is 0 Å². The highest BCUT2D eigenvalue weighted by molar-refractivity contribution is 6.36. The maximum Gasteiger partial charge on any atom is 0.281 e. The van der Waals surface area contributed by atoms with E-state index in [1.807, 2.05) is 36.1 Å². The van der Waals surface area contributed by atoms with Crippen LogP contribution >= 0.6 is 23.2 Å². The van der Waals surface area contributed by atoms with Crippen molar-refractivity contribution in [2.24, 2.45) is 0 Å². The minimum atomic E-state index is -0.362. The third-order valence-electron chi connectivity index (χ3n) is 6.23. The lowest BCUT2D eigenvalue weighted by atomic mass is 9.96. The van der Waals surface area contributed by atoms with E-state index in [1.54, 1.807) is 18.2 Å². The van der Waals surface area contributed by atoms with E-state index < -0.39 is 0 Å². The van der Waals surface area contributed by atoms with E-state index in [4.69, 9.17) is 28.2 Å². The maximum absolute atomic E-state index is 13.1. The summed E-state index contributed by atoms with van der Waals surface area (Å²) in [7, 11) is 0. The molecule has 3 heterocycles. The van der Waals surface area contributed by atoms with Gasteiger partial charge in [0.2, 0.25) is 0 Å². The Morgan fingerprint density at radius 3 is 2.68 bits per heavy atom. The van der Waals surface area contributed by atoms with Crippen molar-refractivity contribution < 1.29 is 4.79 Å². The predicted octanol–water partition coefficient (Wildman–Crippen LogP) is 4.20. The van der Waals surface area contributed by atoms with E-state index in [-0.39, 0.29) is 29.4 Å². The minimum Gasteiger partial charge on any atom is -0.338 e. The van der Waals surface area contributed by atoms with Crippen LogP contribution in [0.1, 0.15) is 46.1 Å². The average molecular weight is 497 g/mol. The van der Waals surface area contributed by atoms with E-state index in [0.717, 1.165) is 18.4 Å². The second-order valence-electron chi connectivity index (χ2n) is 8.48. The first kappa shape index (κ1) is 22.6. The van der Waals surface area contributed by atoms with Crippen molar-refractivity contribution in [3.8, 4) is 0 Å². The van der Waals surface area contributed by atoms with E-state index in [1.165, 1.54) is 4.68 Å². The fourth-order valence-corrected chi connectivity index (χ4v) is 4.90. The molecule has 1 fully saturated rings. The van der Waals surface area contributed by atoms with Gasteiger partial charge in [-0.3, -0.25) is 9.59 Å². The molecule has 0 aliphatic carbocycles. The summed E-state index contributed by atoms with van der Waals surface area (Å²) in [5.41, 5.74) is 2.45. The number of aryl methyl sites for hydroxylation is 1. The van der Waals surface area contributed by atoms with Crippen molar-refractivity contribution in [3.05, 3.63) is 85.4 Å². The molecule has 8 nitrogen and oxygen atoms in total. The number of H-pyrrole nitrogens is 1. The van der Waals surface area contributed by atoms with E-state index in [9.17, 15) is 9.59 Å². The number of nitrogens with one attached hydrogen (secondary N) is 1. The first-order valence-electron chi connectivity index (χ1n) is 11.0. The first-order valence-corrected chi connectivity index (χ1v) is 11.8. The first-order chi connectivity index (χ1) is 16.4. The summed E-state index contributed by atoms with van der Waals surface area (Å²) in [5.74, 6) is 0.408. The van der Waals surface area contributed by atoms with E-state index >= 15 is 0 Å². The molecule has 1 saturated heterocycles. The molecule has 10 heteroatoms. The Balaban J connectivity index is 1.46. The molecule has 2 aromatic carbocycles. The van der Waals surface area contributed by atoms with Crippen molar-refractivity contribution in [2.45, 2.75) is 32.2 Å². The molecule has 1 aliphatic rings. The molecule has 1 atom stereocenters. The van der Waals surface area contributed by atoms with Crippen LogP contribution in [-0.2, 0) is 6.54 Å². The Hall–Kier alpha value is -3.23. The van der Waals surface area contributed by atoms with Crippen LogP contribution in [0.3, 0.4) is 0 Å². The number of nitrogens with zero attached hydrogens (tertiary/aromatic N) is 5. The molecule has 0 radical (unpaired) electrons. The highest BCUT2D eigenvalue weighted by Gasteiger charge is 2.28.